The van der Waals surface area contributed by atoms with Crippen LogP contribution in [-0.4, -0.2) is 22.0 Å². The highest BCUT2D eigenvalue weighted by atomic mass is 35.5. The fourth-order valence-corrected chi connectivity index (χ4v) is 5.41. The molecule has 0 spiro atoms. The summed E-state index contributed by atoms with van der Waals surface area (Å²) in [6, 6.07) is 20.3. The molecule has 168 valence electrons. The summed E-state index contributed by atoms with van der Waals surface area (Å²) in [6.45, 7) is 4.01. The van der Waals surface area contributed by atoms with Crippen LogP contribution in [0.4, 0.5) is 10.8 Å². The number of aryl methyl sites for hydroxylation is 1. The number of halogens is 1. The van der Waals surface area contributed by atoms with Crippen molar-refractivity contribution >= 4 is 67.5 Å². The van der Waals surface area contributed by atoms with E-state index in [1.165, 1.54) is 23.1 Å². The summed E-state index contributed by atoms with van der Waals surface area (Å²) < 4.78 is 1.05. The Balaban J connectivity index is 1.43. The number of rotatable bonds is 7. The Hall–Kier alpha value is -2.87. The van der Waals surface area contributed by atoms with Gasteiger partial charge in [-0.15, -0.1) is 11.8 Å². The predicted octanol–water partition coefficient (Wildman–Crippen LogP) is 7.02. The average Bonchev–Trinajstić information content (AvgIpc) is 3.18. The number of hydrogen-bond acceptors (Lipinski definition) is 5. The van der Waals surface area contributed by atoms with Crippen LogP contribution in [0, 0.1) is 6.92 Å². The van der Waals surface area contributed by atoms with E-state index in [1.54, 1.807) is 24.3 Å². The number of thioether (sulfide) groups is 1. The molecule has 0 radical (unpaired) electrons. The van der Waals surface area contributed by atoms with Gasteiger partial charge in [0, 0.05) is 21.2 Å². The van der Waals surface area contributed by atoms with Gasteiger partial charge in [0.1, 0.15) is 0 Å². The molecule has 3 aromatic carbocycles. The molecule has 2 N–H and O–H groups in total. The Morgan fingerprint density at radius 1 is 1.06 bits per heavy atom. The summed E-state index contributed by atoms with van der Waals surface area (Å²) in [7, 11) is 0. The second-order valence-electron chi connectivity index (χ2n) is 7.49. The van der Waals surface area contributed by atoms with Crippen LogP contribution >= 0.6 is 34.7 Å². The second kappa shape index (κ2) is 10.4. The Labute approximate surface area is 205 Å². The van der Waals surface area contributed by atoms with E-state index >= 15 is 0 Å². The molecule has 0 aliphatic rings. The van der Waals surface area contributed by atoms with Crippen molar-refractivity contribution in [2.75, 3.05) is 10.6 Å². The monoisotopic (exact) mass is 495 g/mol. The number of fused-ring (bicyclic) bond motifs is 1. The minimum atomic E-state index is -0.294. The van der Waals surface area contributed by atoms with Gasteiger partial charge in [-0.1, -0.05) is 48.1 Å². The van der Waals surface area contributed by atoms with Crippen molar-refractivity contribution < 1.29 is 9.59 Å². The number of anilines is 2. The van der Waals surface area contributed by atoms with E-state index < -0.39 is 0 Å². The third kappa shape index (κ3) is 5.93. The number of nitrogens with one attached hydrogen (secondary N) is 2. The molecular formula is C25H22ClN3O2S2. The van der Waals surface area contributed by atoms with Gasteiger partial charge < -0.3 is 10.6 Å². The topological polar surface area (TPSA) is 71.1 Å². The molecule has 0 bridgehead atoms. The number of benzene rings is 3. The number of carbonyl (C=O) groups is 2. The lowest BCUT2D eigenvalue weighted by Crippen LogP contribution is -2.24. The summed E-state index contributed by atoms with van der Waals surface area (Å²) >= 11 is 8.91. The number of hydrogen-bond donors (Lipinski definition) is 2. The molecule has 0 fully saturated rings. The normalized spacial score (nSPS) is 11.8. The van der Waals surface area contributed by atoms with Crippen molar-refractivity contribution in [3.63, 3.8) is 0 Å². The van der Waals surface area contributed by atoms with E-state index in [1.807, 2.05) is 50.2 Å². The Kier molecular flexibility index (Phi) is 7.33. The van der Waals surface area contributed by atoms with Gasteiger partial charge in [-0.2, -0.15) is 0 Å². The van der Waals surface area contributed by atoms with E-state index in [2.05, 4.69) is 21.7 Å². The van der Waals surface area contributed by atoms with E-state index in [-0.39, 0.29) is 17.1 Å². The molecule has 0 saturated carbocycles. The molecule has 1 aromatic heterocycles. The van der Waals surface area contributed by atoms with E-state index in [4.69, 9.17) is 11.6 Å². The standard InChI is InChI=1S/C25H22ClN3O2S2/c1-3-21(24(31)29-25-28-20-11-10-15(2)12-22(20)33-25)32-19-9-5-8-18(14-19)27-23(30)16-6-4-7-17(26)13-16/h4-14,21H,3H2,1-2H3,(H,27,30)(H,28,29,31). The molecule has 4 rings (SSSR count). The zero-order valence-corrected chi connectivity index (χ0v) is 20.5. The lowest BCUT2D eigenvalue weighted by atomic mass is 10.2. The summed E-state index contributed by atoms with van der Waals surface area (Å²) in [5.74, 6) is -0.331. The highest BCUT2D eigenvalue weighted by molar-refractivity contribution is 8.00. The maximum Gasteiger partial charge on any atom is 0.255 e. The molecule has 8 heteroatoms. The van der Waals surface area contributed by atoms with E-state index in [0.29, 0.717) is 27.8 Å². The first-order valence-electron chi connectivity index (χ1n) is 10.4. The van der Waals surface area contributed by atoms with Crippen molar-refractivity contribution in [2.45, 2.75) is 30.4 Å². The van der Waals surface area contributed by atoms with Gasteiger partial charge in [0.05, 0.1) is 15.5 Å². The molecule has 1 atom stereocenters. The molecule has 0 aliphatic carbocycles. The number of amides is 2. The average molecular weight is 496 g/mol. The Bertz CT molecular complexity index is 1320. The minimum absolute atomic E-state index is 0.0911. The lowest BCUT2D eigenvalue weighted by molar-refractivity contribution is -0.115. The van der Waals surface area contributed by atoms with Crippen molar-refractivity contribution in [3.05, 3.63) is 82.9 Å². The highest BCUT2D eigenvalue weighted by Crippen LogP contribution is 2.31. The molecular weight excluding hydrogens is 474 g/mol. The summed E-state index contributed by atoms with van der Waals surface area (Å²) in [5, 5.41) is 6.66. The fourth-order valence-electron chi connectivity index (χ4n) is 3.24. The molecule has 0 aliphatic heterocycles. The zero-order chi connectivity index (χ0) is 23.4. The third-order valence-corrected chi connectivity index (χ3v) is 7.42. The number of carbonyl (C=O) groups excluding carboxylic acids is 2. The van der Waals surface area contributed by atoms with Gasteiger partial charge in [-0.3, -0.25) is 9.59 Å². The summed E-state index contributed by atoms with van der Waals surface area (Å²) in [5.41, 5.74) is 3.18. The van der Waals surface area contributed by atoms with Gasteiger partial charge in [0.15, 0.2) is 5.13 Å². The summed E-state index contributed by atoms with van der Waals surface area (Å²) in [4.78, 5) is 30.8. The van der Waals surface area contributed by atoms with Crippen LogP contribution in [0.1, 0.15) is 29.3 Å². The highest BCUT2D eigenvalue weighted by Gasteiger charge is 2.20. The molecule has 33 heavy (non-hydrogen) atoms. The van der Waals surface area contributed by atoms with Gasteiger partial charge in [-0.05, 0) is 67.4 Å². The smallest absolute Gasteiger partial charge is 0.255 e. The van der Waals surface area contributed by atoms with Gasteiger partial charge in [-0.25, -0.2) is 4.98 Å². The third-order valence-electron chi connectivity index (χ3n) is 4.89. The largest absolute Gasteiger partial charge is 0.322 e. The molecule has 5 nitrogen and oxygen atoms in total. The van der Waals surface area contributed by atoms with Gasteiger partial charge in [0.25, 0.3) is 5.91 Å². The molecule has 4 aromatic rings. The maximum atomic E-state index is 12.9. The van der Waals surface area contributed by atoms with Gasteiger partial charge >= 0.3 is 0 Å². The van der Waals surface area contributed by atoms with Crippen molar-refractivity contribution in [1.82, 2.24) is 4.98 Å². The van der Waals surface area contributed by atoms with E-state index in [9.17, 15) is 9.59 Å². The molecule has 0 saturated heterocycles. The first kappa shape index (κ1) is 23.3. The van der Waals surface area contributed by atoms with Crippen LogP contribution in [0.3, 0.4) is 0 Å². The van der Waals surface area contributed by atoms with Gasteiger partial charge in [0.2, 0.25) is 5.91 Å². The lowest BCUT2D eigenvalue weighted by Gasteiger charge is -2.14. The zero-order valence-electron chi connectivity index (χ0n) is 18.1. The first-order chi connectivity index (χ1) is 15.9. The van der Waals surface area contributed by atoms with Crippen molar-refractivity contribution in [2.24, 2.45) is 0 Å². The van der Waals surface area contributed by atoms with Crippen LogP contribution in [0.25, 0.3) is 10.2 Å². The number of aromatic nitrogens is 1. The molecule has 2 amide bonds. The maximum absolute atomic E-state index is 12.9. The van der Waals surface area contributed by atoms with Crippen molar-refractivity contribution in [1.29, 1.82) is 0 Å². The predicted molar refractivity (Wildman–Crippen MR) is 139 cm³/mol. The Morgan fingerprint density at radius 2 is 1.88 bits per heavy atom. The first-order valence-corrected chi connectivity index (χ1v) is 12.5. The van der Waals surface area contributed by atoms with Crippen LogP contribution in [0.5, 0.6) is 0 Å². The summed E-state index contributed by atoms with van der Waals surface area (Å²) in [6.07, 6.45) is 0.652. The number of thiazole rings is 1. The van der Waals surface area contributed by atoms with Crippen LogP contribution in [0.2, 0.25) is 5.02 Å². The quantitative estimate of drug-likeness (QED) is 0.270. The fraction of sp³-hybridized carbons (Fsp3) is 0.160. The van der Waals surface area contributed by atoms with Crippen LogP contribution in [-0.2, 0) is 4.79 Å². The van der Waals surface area contributed by atoms with Crippen molar-refractivity contribution in [3.8, 4) is 0 Å². The van der Waals surface area contributed by atoms with E-state index in [0.717, 1.165) is 20.7 Å². The second-order valence-corrected chi connectivity index (χ2v) is 10.2. The molecule has 1 unspecified atom stereocenters. The Morgan fingerprint density at radius 3 is 2.67 bits per heavy atom. The molecule has 1 heterocycles. The van der Waals surface area contributed by atoms with Crippen LogP contribution in [0.15, 0.2) is 71.6 Å². The minimum Gasteiger partial charge on any atom is -0.322 e. The van der Waals surface area contributed by atoms with Crippen LogP contribution < -0.4 is 10.6 Å². The SMILES string of the molecule is CCC(Sc1cccc(NC(=O)c2cccc(Cl)c2)c1)C(=O)Nc1nc2ccc(C)cc2s1. The number of nitrogens with zero attached hydrogens (tertiary/aromatic N) is 1.